The van der Waals surface area contributed by atoms with E-state index in [0.717, 1.165) is 37.1 Å². The monoisotopic (exact) mass is 278 g/mol. The zero-order valence-electron chi connectivity index (χ0n) is 12.5. The number of aliphatic hydroxyl groups is 1. The topological polar surface area (TPSA) is 58.7 Å². The molecule has 1 aromatic carbocycles. The molecular formula is C16H26N2O2. The van der Waals surface area contributed by atoms with Crippen LogP contribution in [0.2, 0.25) is 0 Å². The largest absolute Gasteiger partial charge is 0.494 e. The van der Waals surface area contributed by atoms with Crippen LogP contribution >= 0.6 is 0 Å². The van der Waals surface area contributed by atoms with Crippen molar-refractivity contribution in [3.8, 4) is 5.75 Å². The summed E-state index contributed by atoms with van der Waals surface area (Å²) >= 11 is 0. The zero-order valence-corrected chi connectivity index (χ0v) is 12.5. The molecule has 2 atom stereocenters. The number of anilines is 1. The lowest BCUT2D eigenvalue weighted by atomic mass is 9.88. The van der Waals surface area contributed by atoms with Crippen LogP contribution < -0.4 is 15.4 Å². The fourth-order valence-electron chi connectivity index (χ4n) is 2.98. The zero-order chi connectivity index (χ0) is 14.6. The number of nitrogens with two attached hydrogens (primary N) is 1. The minimum Gasteiger partial charge on any atom is -0.494 e. The Balaban J connectivity index is 1.85. The van der Waals surface area contributed by atoms with E-state index in [-0.39, 0.29) is 5.92 Å². The molecule has 0 amide bonds. The van der Waals surface area contributed by atoms with Gasteiger partial charge in [-0.2, -0.15) is 0 Å². The first-order valence-corrected chi connectivity index (χ1v) is 7.38. The van der Waals surface area contributed by atoms with Crippen molar-refractivity contribution in [2.24, 2.45) is 11.7 Å². The highest BCUT2D eigenvalue weighted by Crippen LogP contribution is 2.37. The molecule has 0 radical (unpaired) electrons. The summed E-state index contributed by atoms with van der Waals surface area (Å²) < 4.78 is 5.82. The normalized spacial score (nSPS) is 25.7. The van der Waals surface area contributed by atoms with Gasteiger partial charge in [-0.3, -0.25) is 0 Å². The third-order valence-corrected chi connectivity index (χ3v) is 4.34. The summed E-state index contributed by atoms with van der Waals surface area (Å²) in [7, 11) is 4.03. The molecule has 2 unspecified atom stereocenters. The Morgan fingerprint density at radius 2 is 2.25 bits per heavy atom. The minimum absolute atomic E-state index is 0.268. The van der Waals surface area contributed by atoms with Crippen molar-refractivity contribution in [1.82, 2.24) is 0 Å². The molecule has 0 saturated heterocycles. The average molecular weight is 278 g/mol. The lowest BCUT2D eigenvalue weighted by Gasteiger charge is -2.28. The lowest BCUT2D eigenvalue weighted by Crippen LogP contribution is -2.41. The maximum absolute atomic E-state index is 10.4. The van der Waals surface area contributed by atoms with Crippen LogP contribution in [0.3, 0.4) is 0 Å². The Labute approximate surface area is 121 Å². The Hall–Kier alpha value is -1.26. The van der Waals surface area contributed by atoms with Gasteiger partial charge in [0, 0.05) is 32.4 Å². The van der Waals surface area contributed by atoms with Gasteiger partial charge in [0.1, 0.15) is 5.75 Å². The summed E-state index contributed by atoms with van der Waals surface area (Å²) in [5.74, 6) is 1.15. The molecule has 2 rings (SSSR count). The van der Waals surface area contributed by atoms with Crippen molar-refractivity contribution in [2.75, 3.05) is 32.1 Å². The Kier molecular flexibility index (Phi) is 4.89. The maximum Gasteiger partial charge on any atom is 0.121 e. The molecule has 4 heteroatoms. The summed E-state index contributed by atoms with van der Waals surface area (Å²) in [5, 5.41) is 10.4. The number of benzene rings is 1. The van der Waals surface area contributed by atoms with Crippen molar-refractivity contribution in [2.45, 2.75) is 31.3 Å². The van der Waals surface area contributed by atoms with Gasteiger partial charge in [0.15, 0.2) is 0 Å². The highest BCUT2D eigenvalue weighted by molar-refractivity contribution is 5.49. The van der Waals surface area contributed by atoms with Gasteiger partial charge in [-0.15, -0.1) is 0 Å². The van der Waals surface area contributed by atoms with E-state index in [1.54, 1.807) is 0 Å². The summed E-state index contributed by atoms with van der Waals surface area (Å²) in [6.45, 7) is 0.984. The average Bonchev–Trinajstić information content (AvgIpc) is 2.81. The van der Waals surface area contributed by atoms with Gasteiger partial charge in [-0.1, -0.05) is 12.5 Å². The number of nitrogens with zero attached hydrogens (tertiary/aromatic N) is 1. The van der Waals surface area contributed by atoms with Gasteiger partial charge < -0.3 is 20.5 Å². The highest BCUT2D eigenvalue weighted by Gasteiger charge is 2.39. The quantitative estimate of drug-likeness (QED) is 0.836. The molecule has 0 heterocycles. The summed E-state index contributed by atoms with van der Waals surface area (Å²) in [6, 6.07) is 8.05. The molecule has 1 fully saturated rings. The van der Waals surface area contributed by atoms with E-state index in [1.165, 1.54) is 0 Å². The van der Waals surface area contributed by atoms with E-state index in [9.17, 15) is 5.11 Å². The summed E-state index contributed by atoms with van der Waals surface area (Å²) in [5.41, 5.74) is 6.15. The number of hydrogen-bond acceptors (Lipinski definition) is 4. The van der Waals surface area contributed by atoms with Crippen LogP contribution in [0.15, 0.2) is 24.3 Å². The van der Waals surface area contributed by atoms with Crippen LogP contribution in [0.5, 0.6) is 5.75 Å². The summed E-state index contributed by atoms with van der Waals surface area (Å²) in [6.07, 6.45) is 3.80. The molecule has 1 aliphatic rings. The predicted molar refractivity (Wildman–Crippen MR) is 82.2 cm³/mol. The molecule has 0 spiro atoms. The van der Waals surface area contributed by atoms with E-state index in [1.807, 2.05) is 32.3 Å². The molecule has 1 saturated carbocycles. The van der Waals surface area contributed by atoms with Crippen LogP contribution in [-0.2, 0) is 0 Å². The van der Waals surface area contributed by atoms with Gasteiger partial charge in [0.25, 0.3) is 0 Å². The van der Waals surface area contributed by atoms with E-state index >= 15 is 0 Å². The maximum atomic E-state index is 10.4. The van der Waals surface area contributed by atoms with E-state index in [0.29, 0.717) is 13.2 Å². The number of hydrogen-bond donors (Lipinski definition) is 2. The molecule has 1 aromatic rings. The SMILES string of the molecule is CN(C)c1cccc(OCCC2CCCC2(O)CN)c1. The van der Waals surface area contributed by atoms with E-state index in [2.05, 4.69) is 11.0 Å². The third-order valence-electron chi connectivity index (χ3n) is 4.34. The lowest BCUT2D eigenvalue weighted by molar-refractivity contribution is 0.00355. The van der Waals surface area contributed by atoms with E-state index < -0.39 is 5.60 Å². The molecule has 0 aromatic heterocycles. The van der Waals surface area contributed by atoms with Crippen molar-refractivity contribution in [3.05, 3.63) is 24.3 Å². The van der Waals surface area contributed by atoms with Crippen LogP contribution in [0.25, 0.3) is 0 Å². The van der Waals surface area contributed by atoms with Crippen LogP contribution in [-0.4, -0.2) is 38.0 Å². The molecule has 1 aliphatic carbocycles. The first-order valence-electron chi connectivity index (χ1n) is 7.38. The fourth-order valence-corrected chi connectivity index (χ4v) is 2.98. The van der Waals surface area contributed by atoms with Crippen LogP contribution in [0.4, 0.5) is 5.69 Å². The van der Waals surface area contributed by atoms with Crippen LogP contribution in [0, 0.1) is 5.92 Å². The molecule has 3 N–H and O–H groups in total. The molecular weight excluding hydrogens is 252 g/mol. The Morgan fingerprint density at radius 3 is 2.95 bits per heavy atom. The number of rotatable bonds is 6. The standard InChI is InChI=1S/C16H26N2O2/c1-18(2)14-6-3-7-15(11-14)20-10-8-13-5-4-9-16(13,19)12-17/h3,6-7,11,13,19H,4-5,8-10,12,17H2,1-2H3. The second kappa shape index (κ2) is 6.46. The molecule has 20 heavy (non-hydrogen) atoms. The van der Waals surface area contributed by atoms with Crippen molar-refractivity contribution in [3.63, 3.8) is 0 Å². The molecule has 4 nitrogen and oxygen atoms in total. The van der Waals surface area contributed by atoms with Gasteiger partial charge >= 0.3 is 0 Å². The smallest absolute Gasteiger partial charge is 0.121 e. The minimum atomic E-state index is -0.672. The molecule has 0 bridgehead atoms. The van der Waals surface area contributed by atoms with Gasteiger partial charge in [0.2, 0.25) is 0 Å². The van der Waals surface area contributed by atoms with Gasteiger partial charge in [0.05, 0.1) is 12.2 Å². The van der Waals surface area contributed by atoms with E-state index in [4.69, 9.17) is 10.5 Å². The second-order valence-corrected chi connectivity index (χ2v) is 5.93. The molecule has 112 valence electrons. The first kappa shape index (κ1) is 15.1. The molecule has 0 aliphatic heterocycles. The van der Waals surface area contributed by atoms with Crippen LogP contribution in [0.1, 0.15) is 25.7 Å². The Morgan fingerprint density at radius 1 is 1.45 bits per heavy atom. The van der Waals surface area contributed by atoms with Crippen molar-refractivity contribution < 1.29 is 9.84 Å². The van der Waals surface area contributed by atoms with Crippen molar-refractivity contribution >= 4 is 5.69 Å². The summed E-state index contributed by atoms with van der Waals surface area (Å²) in [4.78, 5) is 2.05. The Bertz CT molecular complexity index is 436. The van der Waals surface area contributed by atoms with Gasteiger partial charge in [-0.05, 0) is 37.3 Å². The number of ether oxygens (including phenoxy) is 1. The predicted octanol–water partition coefficient (Wildman–Crippen LogP) is 2.01. The van der Waals surface area contributed by atoms with Crippen molar-refractivity contribution in [1.29, 1.82) is 0 Å². The third kappa shape index (κ3) is 3.44. The fraction of sp³-hybridized carbons (Fsp3) is 0.625. The second-order valence-electron chi connectivity index (χ2n) is 5.93. The highest BCUT2D eigenvalue weighted by atomic mass is 16.5. The van der Waals surface area contributed by atoms with Gasteiger partial charge in [-0.25, -0.2) is 0 Å². The first-order chi connectivity index (χ1) is 9.55.